The fraction of sp³-hybridized carbons (Fsp3) is 0.280. The van der Waals surface area contributed by atoms with E-state index in [0.717, 1.165) is 5.56 Å². The van der Waals surface area contributed by atoms with E-state index in [1.165, 1.54) is 21.3 Å². The van der Waals surface area contributed by atoms with Gasteiger partial charge in [0, 0.05) is 24.0 Å². The van der Waals surface area contributed by atoms with Crippen LogP contribution < -0.4 is 9.47 Å². The van der Waals surface area contributed by atoms with Crippen LogP contribution in [0.5, 0.6) is 11.5 Å². The number of ether oxygens (including phenoxy) is 4. The van der Waals surface area contributed by atoms with Gasteiger partial charge in [-0.2, -0.15) is 0 Å². The van der Waals surface area contributed by atoms with Crippen molar-refractivity contribution in [2.24, 2.45) is 0 Å². The standard InChI is InChI=1S/C25H25BrClNO6/c1-5-34-23-20(26)10-16(11-21(23)31-2)22-18(24(29)32-3)13-28(14-19(22)25(30)33-4)12-15-6-8-17(27)9-7-15/h6-11,13-14,22H,5,12H2,1-4H3. The maximum Gasteiger partial charge on any atom is 0.336 e. The summed E-state index contributed by atoms with van der Waals surface area (Å²) in [6.07, 6.45) is 3.35. The second-order valence-corrected chi connectivity index (χ2v) is 8.64. The van der Waals surface area contributed by atoms with E-state index in [2.05, 4.69) is 15.9 Å². The molecule has 0 atom stereocenters. The Labute approximate surface area is 212 Å². The van der Waals surface area contributed by atoms with Crippen molar-refractivity contribution in [1.82, 2.24) is 4.90 Å². The Kier molecular flexibility index (Phi) is 8.63. The molecule has 180 valence electrons. The lowest BCUT2D eigenvalue weighted by Crippen LogP contribution is -2.28. The van der Waals surface area contributed by atoms with Crippen LogP contribution in [-0.2, 0) is 25.6 Å². The van der Waals surface area contributed by atoms with Crippen LogP contribution in [0.2, 0.25) is 5.02 Å². The molecule has 0 N–H and O–H groups in total. The summed E-state index contributed by atoms with van der Waals surface area (Å²) in [5, 5.41) is 0.620. The monoisotopic (exact) mass is 549 g/mol. The summed E-state index contributed by atoms with van der Waals surface area (Å²) in [6.45, 7) is 2.71. The largest absolute Gasteiger partial charge is 0.493 e. The van der Waals surface area contributed by atoms with Crippen LogP contribution in [0, 0.1) is 0 Å². The summed E-state index contributed by atoms with van der Waals surface area (Å²) in [7, 11) is 4.13. The van der Waals surface area contributed by atoms with Crippen LogP contribution in [0.3, 0.4) is 0 Å². The predicted molar refractivity (Wildman–Crippen MR) is 132 cm³/mol. The minimum Gasteiger partial charge on any atom is -0.493 e. The molecule has 34 heavy (non-hydrogen) atoms. The van der Waals surface area contributed by atoms with Crippen molar-refractivity contribution in [2.75, 3.05) is 27.9 Å². The average Bonchev–Trinajstić information content (AvgIpc) is 2.85. The zero-order valence-corrected chi connectivity index (χ0v) is 21.6. The molecule has 1 aliphatic rings. The number of esters is 2. The van der Waals surface area contributed by atoms with Gasteiger partial charge in [0.2, 0.25) is 0 Å². The first-order chi connectivity index (χ1) is 16.3. The molecule has 2 aromatic carbocycles. The van der Waals surface area contributed by atoms with Gasteiger partial charge in [-0.15, -0.1) is 0 Å². The van der Waals surface area contributed by atoms with Gasteiger partial charge in [-0.25, -0.2) is 9.59 Å². The second-order valence-electron chi connectivity index (χ2n) is 7.35. The summed E-state index contributed by atoms with van der Waals surface area (Å²) in [4.78, 5) is 27.5. The molecule has 7 nitrogen and oxygen atoms in total. The molecule has 0 fully saturated rings. The zero-order chi connectivity index (χ0) is 24.8. The Morgan fingerprint density at radius 3 is 2.09 bits per heavy atom. The van der Waals surface area contributed by atoms with Crippen LogP contribution in [0.15, 0.2) is 64.4 Å². The van der Waals surface area contributed by atoms with Crippen molar-refractivity contribution in [3.05, 3.63) is 80.6 Å². The Morgan fingerprint density at radius 1 is 1.00 bits per heavy atom. The molecule has 1 heterocycles. The van der Waals surface area contributed by atoms with Crippen molar-refractivity contribution in [3.63, 3.8) is 0 Å². The molecule has 9 heteroatoms. The van der Waals surface area contributed by atoms with Crippen molar-refractivity contribution in [3.8, 4) is 11.5 Å². The van der Waals surface area contributed by atoms with E-state index >= 15 is 0 Å². The van der Waals surface area contributed by atoms with E-state index in [1.807, 2.05) is 19.1 Å². The third-order valence-corrected chi connectivity index (χ3v) is 6.07. The van der Waals surface area contributed by atoms with Gasteiger partial charge in [0.05, 0.1) is 49.5 Å². The highest BCUT2D eigenvalue weighted by atomic mass is 79.9. The number of nitrogens with zero attached hydrogens (tertiary/aromatic N) is 1. The molecule has 0 saturated heterocycles. The third kappa shape index (κ3) is 5.56. The van der Waals surface area contributed by atoms with Gasteiger partial charge in [0.15, 0.2) is 11.5 Å². The molecule has 0 aromatic heterocycles. The lowest BCUT2D eigenvalue weighted by molar-refractivity contribution is -0.137. The second kappa shape index (κ2) is 11.4. The Morgan fingerprint density at radius 2 is 1.59 bits per heavy atom. The van der Waals surface area contributed by atoms with E-state index < -0.39 is 17.9 Å². The van der Waals surface area contributed by atoms with E-state index in [9.17, 15) is 9.59 Å². The van der Waals surface area contributed by atoms with Crippen molar-refractivity contribution >= 4 is 39.5 Å². The molecule has 0 radical (unpaired) electrons. The summed E-state index contributed by atoms with van der Waals surface area (Å²) in [5.41, 5.74) is 2.12. The molecule has 2 aromatic rings. The van der Waals surface area contributed by atoms with Gasteiger partial charge in [-0.05, 0) is 58.2 Å². The number of halogens is 2. The minimum absolute atomic E-state index is 0.275. The van der Waals surface area contributed by atoms with Crippen LogP contribution in [0.4, 0.5) is 0 Å². The van der Waals surface area contributed by atoms with Crippen LogP contribution >= 0.6 is 27.5 Å². The Balaban J connectivity index is 2.13. The van der Waals surface area contributed by atoms with Crippen molar-refractivity contribution in [1.29, 1.82) is 0 Å². The number of carbonyl (C=O) groups is 2. The number of hydrogen-bond acceptors (Lipinski definition) is 7. The van der Waals surface area contributed by atoms with E-state index in [-0.39, 0.29) is 11.1 Å². The van der Waals surface area contributed by atoms with E-state index in [0.29, 0.717) is 39.7 Å². The third-order valence-electron chi connectivity index (χ3n) is 5.23. The van der Waals surface area contributed by atoms with Crippen LogP contribution in [0.1, 0.15) is 24.0 Å². The Hall–Kier alpha value is -2.97. The van der Waals surface area contributed by atoms with Gasteiger partial charge in [0.25, 0.3) is 0 Å². The molecule has 0 saturated carbocycles. The number of carbonyl (C=O) groups excluding carboxylic acids is 2. The molecule has 3 rings (SSSR count). The molecule has 1 aliphatic heterocycles. The predicted octanol–water partition coefficient (Wildman–Crippen LogP) is 5.22. The fourth-order valence-electron chi connectivity index (χ4n) is 3.73. The maximum absolute atomic E-state index is 12.9. The first-order valence-corrected chi connectivity index (χ1v) is 11.6. The number of hydrogen-bond donors (Lipinski definition) is 0. The Bertz CT molecular complexity index is 1090. The first kappa shape index (κ1) is 25.6. The average molecular weight is 551 g/mol. The lowest BCUT2D eigenvalue weighted by atomic mass is 9.83. The highest BCUT2D eigenvalue weighted by Crippen LogP contribution is 2.44. The summed E-state index contributed by atoms with van der Waals surface area (Å²) >= 11 is 9.51. The quantitative estimate of drug-likeness (QED) is 0.417. The molecular formula is C25H25BrClNO6. The number of benzene rings is 2. The molecule has 0 spiro atoms. The molecular weight excluding hydrogens is 526 g/mol. The summed E-state index contributed by atoms with van der Waals surface area (Å²) in [6, 6.07) is 10.8. The molecule has 0 bridgehead atoms. The number of methoxy groups -OCH3 is 3. The maximum atomic E-state index is 12.9. The smallest absolute Gasteiger partial charge is 0.336 e. The first-order valence-electron chi connectivity index (χ1n) is 10.4. The highest BCUT2D eigenvalue weighted by molar-refractivity contribution is 9.10. The van der Waals surface area contributed by atoms with Gasteiger partial charge < -0.3 is 23.8 Å². The van der Waals surface area contributed by atoms with Gasteiger partial charge >= 0.3 is 11.9 Å². The zero-order valence-electron chi connectivity index (χ0n) is 19.3. The summed E-state index contributed by atoms with van der Waals surface area (Å²) in [5.74, 6) is -0.888. The minimum atomic E-state index is -0.748. The molecule has 0 amide bonds. The highest BCUT2D eigenvalue weighted by Gasteiger charge is 2.36. The van der Waals surface area contributed by atoms with Crippen molar-refractivity contribution in [2.45, 2.75) is 19.4 Å². The van der Waals surface area contributed by atoms with E-state index in [1.54, 1.807) is 41.6 Å². The van der Waals surface area contributed by atoms with Crippen LogP contribution in [0.25, 0.3) is 0 Å². The van der Waals surface area contributed by atoms with Gasteiger partial charge in [-0.3, -0.25) is 0 Å². The summed E-state index contributed by atoms with van der Waals surface area (Å²) < 4.78 is 22.0. The normalized spacial score (nSPS) is 13.6. The SMILES string of the molecule is CCOc1c(Br)cc(C2C(C(=O)OC)=CN(Cc3ccc(Cl)cc3)C=C2C(=O)OC)cc1OC. The fourth-order valence-corrected chi connectivity index (χ4v) is 4.43. The van der Waals surface area contributed by atoms with Crippen molar-refractivity contribution < 1.29 is 28.5 Å². The lowest BCUT2D eigenvalue weighted by Gasteiger charge is -2.30. The topological polar surface area (TPSA) is 74.3 Å². The van der Waals surface area contributed by atoms with Crippen LogP contribution in [-0.4, -0.2) is 44.8 Å². The number of rotatable bonds is 8. The molecule has 0 aliphatic carbocycles. The molecule has 0 unspecified atom stereocenters. The van der Waals surface area contributed by atoms with E-state index in [4.69, 9.17) is 30.5 Å². The van der Waals surface area contributed by atoms with Gasteiger partial charge in [0.1, 0.15) is 0 Å². The van der Waals surface area contributed by atoms with Gasteiger partial charge in [-0.1, -0.05) is 23.7 Å².